The molecule has 5 heteroatoms. The highest BCUT2D eigenvalue weighted by molar-refractivity contribution is 6.21. The van der Waals surface area contributed by atoms with E-state index in [4.69, 9.17) is 5.41 Å². The Morgan fingerprint density at radius 3 is 2.50 bits per heavy atom. The van der Waals surface area contributed by atoms with Crippen LogP contribution in [-0.4, -0.2) is 33.7 Å². The number of rotatable bonds is 2. The van der Waals surface area contributed by atoms with Gasteiger partial charge in [-0.1, -0.05) is 13.8 Å². The molecular formula is C11H18N4O. The van der Waals surface area contributed by atoms with Crippen LogP contribution in [0.1, 0.15) is 40.5 Å². The molecule has 5 nitrogen and oxygen atoms in total. The first-order valence-corrected chi connectivity index (χ1v) is 5.69. The molecule has 0 saturated carbocycles. The van der Waals surface area contributed by atoms with Crippen molar-refractivity contribution in [1.29, 1.82) is 5.41 Å². The number of urea groups is 1. The Morgan fingerprint density at radius 2 is 2.00 bits per heavy atom. The minimum Gasteiger partial charge on any atom is -0.325 e. The van der Waals surface area contributed by atoms with Crippen molar-refractivity contribution in [3.63, 3.8) is 0 Å². The van der Waals surface area contributed by atoms with Crippen LogP contribution in [0, 0.1) is 5.41 Å². The van der Waals surface area contributed by atoms with Crippen LogP contribution < -0.4 is 5.32 Å². The van der Waals surface area contributed by atoms with E-state index in [1.165, 1.54) is 0 Å². The second kappa shape index (κ2) is 3.06. The van der Waals surface area contributed by atoms with Crippen LogP contribution in [0.2, 0.25) is 0 Å². The summed E-state index contributed by atoms with van der Waals surface area (Å²) in [4.78, 5) is 17.9. The lowest BCUT2D eigenvalue weighted by Gasteiger charge is -2.30. The van der Waals surface area contributed by atoms with Gasteiger partial charge >= 0.3 is 6.03 Å². The monoisotopic (exact) mass is 222 g/mol. The molecule has 2 aliphatic heterocycles. The summed E-state index contributed by atoms with van der Waals surface area (Å²) < 4.78 is 0. The molecule has 16 heavy (non-hydrogen) atoms. The van der Waals surface area contributed by atoms with Crippen molar-refractivity contribution in [2.24, 2.45) is 4.99 Å². The van der Waals surface area contributed by atoms with Gasteiger partial charge in [-0.15, -0.1) is 0 Å². The van der Waals surface area contributed by atoms with Crippen LogP contribution in [0.5, 0.6) is 0 Å². The Balaban J connectivity index is 2.51. The fourth-order valence-electron chi connectivity index (χ4n) is 2.23. The SMILES string of the molecule is CC[C@@]1(C)NC(=O)N2C1=NC(=N)[C@]2(C)CC. The topological polar surface area (TPSA) is 68.6 Å². The third-order valence-electron chi connectivity index (χ3n) is 3.91. The summed E-state index contributed by atoms with van der Waals surface area (Å²) in [6, 6.07) is -0.130. The molecule has 0 aromatic heterocycles. The van der Waals surface area contributed by atoms with Crippen LogP contribution in [0.25, 0.3) is 0 Å². The van der Waals surface area contributed by atoms with E-state index in [-0.39, 0.29) is 6.03 Å². The highest BCUT2D eigenvalue weighted by atomic mass is 16.2. The maximum Gasteiger partial charge on any atom is 0.324 e. The first-order valence-electron chi connectivity index (χ1n) is 5.69. The molecule has 2 heterocycles. The lowest BCUT2D eigenvalue weighted by Crippen LogP contribution is -2.49. The first kappa shape index (κ1) is 11.1. The normalized spacial score (nSPS) is 37.5. The summed E-state index contributed by atoms with van der Waals surface area (Å²) in [5, 5.41) is 10.9. The van der Waals surface area contributed by atoms with Crippen molar-refractivity contribution in [2.75, 3.05) is 0 Å². The Bertz CT molecular complexity index is 403. The molecule has 0 aliphatic carbocycles. The van der Waals surface area contributed by atoms with Gasteiger partial charge in [-0.05, 0) is 26.7 Å². The van der Waals surface area contributed by atoms with Crippen molar-refractivity contribution >= 4 is 17.7 Å². The number of hydrogen-bond acceptors (Lipinski definition) is 2. The lowest BCUT2D eigenvalue weighted by atomic mass is 9.95. The highest BCUT2D eigenvalue weighted by Crippen LogP contribution is 2.36. The summed E-state index contributed by atoms with van der Waals surface area (Å²) in [6.45, 7) is 7.84. The van der Waals surface area contributed by atoms with Crippen molar-refractivity contribution in [3.05, 3.63) is 0 Å². The molecule has 0 unspecified atom stereocenters. The van der Waals surface area contributed by atoms with Gasteiger partial charge in [0, 0.05) is 0 Å². The smallest absolute Gasteiger partial charge is 0.324 e. The van der Waals surface area contributed by atoms with Gasteiger partial charge in [-0.25, -0.2) is 9.79 Å². The number of hydrogen-bond donors (Lipinski definition) is 2. The predicted octanol–water partition coefficient (Wildman–Crippen LogP) is 1.74. The summed E-state index contributed by atoms with van der Waals surface area (Å²) in [5.41, 5.74) is -0.997. The van der Waals surface area contributed by atoms with Crippen LogP contribution in [0.4, 0.5) is 4.79 Å². The van der Waals surface area contributed by atoms with Crippen LogP contribution in [0.3, 0.4) is 0 Å². The van der Waals surface area contributed by atoms with Crippen molar-refractivity contribution in [3.8, 4) is 0 Å². The van der Waals surface area contributed by atoms with Gasteiger partial charge in [0.1, 0.15) is 17.2 Å². The maximum absolute atomic E-state index is 12.0. The second-order valence-electron chi connectivity index (χ2n) is 4.86. The van der Waals surface area contributed by atoms with Gasteiger partial charge in [0.25, 0.3) is 0 Å². The molecular weight excluding hydrogens is 204 g/mol. The zero-order chi connectivity index (χ0) is 12.1. The summed E-state index contributed by atoms with van der Waals surface area (Å²) >= 11 is 0. The second-order valence-corrected chi connectivity index (χ2v) is 4.86. The van der Waals surface area contributed by atoms with Crippen molar-refractivity contribution in [2.45, 2.75) is 51.6 Å². The largest absolute Gasteiger partial charge is 0.325 e. The molecule has 0 aromatic rings. The van der Waals surface area contributed by atoms with E-state index in [1.54, 1.807) is 4.90 Å². The van der Waals surface area contributed by atoms with Gasteiger partial charge in [0.2, 0.25) is 0 Å². The number of aliphatic imine (C=N–C) groups is 1. The summed E-state index contributed by atoms with van der Waals surface area (Å²) in [7, 11) is 0. The van der Waals surface area contributed by atoms with E-state index in [1.807, 2.05) is 27.7 Å². The quantitative estimate of drug-likeness (QED) is 0.734. The fourth-order valence-corrected chi connectivity index (χ4v) is 2.23. The van der Waals surface area contributed by atoms with Gasteiger partial charge in [-0.2, -0.15) is 0 Å². The van der Waals surface area contributed by atoms with E-state index in [0.29, 0.717) is 18.1 Å². The first-order chi connectivity index (χ1) is 7.39. The molecule has 2 amide bonds. The molecule has 1 saturated heterocycles. The molecule has 1 fully saturated rings. The molecule has 0 radical (unpaired) electrons. The Morgan fingerprint density at radius 1 is 1.38 bits per heavy atom. The molecule has 0 aromatic carbocycles. The van der Waals surface area contributed by atoms with Crippen molar-refractivity contribution < 1.29 is 4.79 Å². The Kier molecular flexibility index (Phi) is 2.12. The Hall–Kier alpha value is -1.39. The van der Waals surface area contributed by atoms with E-state index in [2.05, 4.69) is 10.3 Å². The minimum atomic E-state index is -0.577. The van der Waals surface area contributed by atoms with E-state index in [9.17, 15) is 4.79 Å². The van der Waals surface area contributed by atoms with Crippen molar-refractivity contribution in [1.82, 2.24) is 10.2 Å². The number of carbonyl (C=O) groups excluding carboxylic acids is 1. The van der Waals surface area contributed by atoms with Gasteiger partial charge in [0.15, 0.2) is 0 Å². The minimum absolute atomic E-state index is 0.130. The predicted molar refractivity (Wildman–Crippen MR) is 62.9 cm³/mol. The third-order valence-corrected chi connectivity index (χ3v) is 3.91. The number of amides is 2. The average Bonchev–Trinajstić information content (AvgIpc) is 2.66. The van der Waals surface area contributed by atoms with E-state index >= 15 is 0 Å². The zero-order valence-electron chi connectivity index (χ0n) is 10.2. The lowest BCUT2D eigenvalue weighted by molar-refractivity contribution is 0.208. The molecule has 2 aliphatic rings. The number of carbonyl (C=O) groups is 1. The van der Waals surface area contributed by atoms with Gasteiger partial charge < -0.3 is 5.32 Å². The van der Waals surface area contributed by atoms with E-state index < -0.39 is 11.1 Å². The van der Waals surface area contributed by atoms with Gasteiger partial charge in [0.05, 0.1) is 5.54 Å². The van der Waals surface area contributed by atoms with Crippen LogP contribution >= 0.6 is 0 Å². The standard InChI is InChI=1S/C11H18N4O/c1-5-10(3)8-13-7(12)11(4,6-2)15(8)9(16)14-10/h12H,5-6H2,1-4H3,(H,14,16)/t10-,11+/m1/s1. The number of fused-ring (bicyclic) bond motifs is 1. The van der Waals surface area contributed by atoms with Crippen LogP contribution in [-0.2, 0) is 0 Å². The zero-order valence-corrected chi connectivity index (χ0v) is 10.2. The average molecular weight is 222 g/mol. The number of nitrogens with zero attached hydrogens (tertiary/aromatic N) is 2. The number of nitrogens with one attached hydrogen (secondary N) is 2. The molecule has 88 valence electrons. The third kappa shape index (κ3) is 1.08. The van der Waals surface area contributed by atoms with E-state index in [0.717, 1.165) is 6.42 Å². The van der Waals surface area contributed by atoms with Crippen LogP contribution in [0.15, 0.2) is 4.99 Å². The summed E-state index contributed by atoms with van der Waals surface area (Å²) in [5.74, 6) is 0.994. The molecule has 2 atom stereocenters. The molecule has 2 rings (SSSR count). The summed E-state index contributed by atoms with van der Waals surface area (Å²) in [6.07, 6.45) is 1.48. The molecule has 2 N–H and O–H groups in total. The fraction of sp³-hybridized carbons (Fsp3) is 0.727. The van der Waals surface area contributed by atoms with Gasteiger partial charge in [-0.3, -0.25) is 10.3 Å². The molecule has 0 spiro atoms. The number of amidine groups is 2. The molecule has 0 bridgehead atoms. The maximum atomic E-state index is 12.0. The highest BCUT2D eigenvalue weighted by Gasteiger charge is 2.56. The Labute approximate surface area is 95.4 Å².